The first kappa shape index (κ1) is 12.7. The summed E-state index contributed by atoms with van der Waals surface area (Å²) in [7, 11) is 0. The lowest BCUT2D eigenvalue weighted by atomic mass is 9.97. The van der Waals surface area contributed by atoms with Crippen molar-refractivity contribution < 1.29 is 10.2 Å². The van der Waals surface area contributed by atoms with Gasteiger partial charge in [-0.2, -0.15) is 0 Å². The molecule has 1 aromatic heterocycles. The van der Waals surface area contributed by atoms with Crippen molar-refractivity contribution in [2.45, 2.75) is 51.2 Å². The zero-order valence-corrected chi connectivity index (χ0v) is 10.2. The van der Waals surface area contributed by atoms with Crippen LogP contribution in [-0.4, -0.2) is 22.4 Å². The Kier molecular flexibility index (Phi) is 5.29. The molecular formula is C12H20O2S. The maximum Gasteiger partial charge on any atom is 0.0805 e. The Balaban J connectivity index is 2.40. The van der Waals surface area contributed by atoms with E-state index >= 15 is 0 Å². The first-order valence-electron chi connectivity index (χ1n) is 5.54. The van der Waals surface area contributed by atoms with Crippen molar-refractivity contribution in [3.63, 3.8) is 0 Å². The van der Waals surface area contributed by atoms with Crippen LogP contribution in [0.5, 0.6) is 0 Å². The molecule has 0 saturated carbocycles. The van der Waals surface area contributed by atoms with Gasteiger partial charge in [-0.1, -0.05) is 26.3 Å². The second-order valence-corrected chi connectivity index (χ2v) is 5.05. The second kappa shape index (κ2) is 6.26. The fourth-order valence-electron chi connectivity index (χ4n) is 1.70. The van der Waals surface area contributed by atoms with Crippen molar-refractivity contribution in [1.29, 1.82) is 0 Å². The van der Waals surface area contributed by atoms with Gasteiger partial charge in [0.05, 0.1) is 12.2 Å². The molecule has 0 aromatic carbocycles. The normalized spacial score (nSPS) is 17.3. The van der Waals surface area contributed by atoms with Gasteiger partial charge in [-0.25, -0.2) is 0 Å². The van der Waals surface area contributed by atoms with E-state index < -0.39 is 12.2 Å². The third-order valence-corrected chi connectivity index (χ3v) is 3.76. The van der Waals surface area contributed by atoms with Crippen LogP contribution in [0.2, 0.25) is 0 Å². The number of rotatable bonds is 6. The van der Waals surface area contributed by atoms with Crippen molar-refractivity contribution in [2.75, 3.05) is 0 Å². The van der Waals surface area contributed by atoms with Gasteiger partial charge < -0.3 is 10.2 Å². The SMILES string of the molecule is CCCC(O)C(O)CC(C)c1cccs1. The zero-order chi connectivity index (χ0) is 11.3. The molecule has 0 amide bonds. The molecule has 1 rings (SSSR count). The van der Waals surface area contributed by atoms with E-state index in [1.54, 1.807) is 11.3 Å². The van der Waals surface area contributed by atoms with Gasteiger partial charge in [0.25, 0.3) is 0 Å². The van der Waals surface area contributed by atoms with E-state index in [1.165, 1.54) is 4.88 Å². The maximum absolute atomic E-state index is 9.77. The Labute approximate surface area is 95.6 Å². The average Bonchev–Trinajstić information content (AvgIpc) is 2.70. The van der Waals surface area contributed by atoms with Gasteiger partial charge in [-0.3, -0.25) is 0 Å². The summed E-state index contributed by atoms with van der Waals surface area (Å²) in [5.74, 6) is 0.325. The molecule has 0 aliphatic heterocycles. The van der Waals surface area contributed by atoms with Gasteiger partial charge in [0, 0.05) is 4.88 Å². The summed E-state index contributed by atoms with van der Waals surface area (Å²) < 4.78 is 0. The molecule has 0 aliphatic rings. The summed E-state index contributed by atoms with van der Waals surface area (Å²) in [5, 5.41) is 21.4. The van der Waals surface area contributed by atoms with E-state index in [9.17, 15) is 10.2 Å². The minimum Gasteiger partial charge on any atom is -0.390 e. The van der Waals surface area contributed by atoms with Gasteiger partial charge in [0.2, 0.25) is 0 Å². The Morgan fingerprint density at radius 2 is 2.07 bits per heavy atom. The molecule has 3 unspecified atom stereocenters. The van der Waals surface area contributed by atoms with Gasteiger partial charge in [-0.05, 0) is 30.2 Å². The monoisotopic (exact) mass is 228 g/mol. The number of aliphatic hydroxyl groups excluding tert-OH is 2. The van der Waals surface area contributed by atoms with E-state index in [1.807, 2.05) is 18.4 Å². The molecule has 15 heavy (non-hydrogen) atoms. The first-order valence-corrected chi connectivity index (χ1v) is 6.42. The molecule has 0 fully saturated rings. The third-order valence-electron chi connectivity index (χ3n) is 2.65. The highest BCUT2D eigenvalue weighted by Gasteiger charge is 2.19. The molecule has 2 N–H and O–H groups in total. The molecule has 2 nitrogen and oxygen atoms in total. The zero-order valence-electron chi connectivity index (χ0n) is 9.39. The summed E-state index contributed by atoms with van der Waals surface area (Å²) in [6.45, 7) is 4.10. The van der Waals surface area contributed by atoms with Gasteiger partial charge >= 0.3 is 0 Å². The van der Waals surface area contributed by atoms with Crippen molar-refractivity contribution >= 4 is 11.3 Å². The molecule has 3 atom stereocenters. The highest BCUT2D eigenvalue weighted by atomic mass is 32.1. The Morgan fingerprint density at radius 1 is 1.33 bits per heavy atom. The van der Waals surface area contributed by atoms with Crippen LogP contribution < -0.4 is 0 Å². The molecular weight excluding hydrogens is 208 g/mol. The van der Waals surface area contributed by atoms with Crippen molar-refractivity contribution in [3.8, 4) is 0 Å². The van der Waals surface area contributed by atoms with Crippen LogP contribution >= 0.6 is 11.3 Å². The molecule has 1 aromatic rings. The molecule has 3 heteroatoms. The maximum atomic E-state index is 9.77. The molecule has 0 radical (unpaired) electrons. The lowest BCUT2D eigenvalue weighted by Gasteiger charge is -2.20. The fraction of sp³-hybridized carbons (Fsp3) is 0.667. The predicted octanol–water partition coefficient (Wildman–Crippen LogP) is 2.76. The van der Waals surface area contributed by atoms with Gasteiger partial charge in [0.1, 0.15) is 0 Å². The Morgan fingerprint density at radius 3 is 2.60 bits per heavy atom. The van der Waals surface area contributed by atoms with Crippen LogP contribution in [-0.2, 0) is 0 Å². The summed E-state index contributed by atoms with van der Waals surface area (Å²) in [6.07, 6.45) is 1.06. The van der Waals surface area contributed by atoms with Crippen LogP contribution in [0.25, 0.3) is 0 Å². The third kappa shape index (κ3) is 3.93. The summed E-state index contributed by atoms with van der Waals surface area (Å²) in [4.78, 5) is 1.28. The number of hydrogen-bond acceptors (Lipinski definition) is 3. The molecule has 0 saturated heterocycles. The van der Waals surface area contributed by atoms with E-state index in [4.69, 9.17) is 0 Å². The fourth-order valence-corrected chi connectivity index (χ4v) is 2.50. The minimum atomic E-state index is -0.595. The number of hydrogen-bond donors (Lipinski definition) is 2. The highest BCUT2D eigenvalue weighted by molar-refractivity contribution is 7.10. The van der Waals surface area contributed by atoms with Crippen LogP contribution in [0.4, 0.5) is 0 Å². The lowest BCUT2D eigenvalue weighted by molar-refractivity contribution is 0.00653. The summed E-state index contributed by atoms with van der Waals surface area (Å²) in [5.41, 5.74) is 0. The second-order valence-electron chi connectivity index (χ2n) is 4.08. The van der Waals surface area contributed by atoms with Crippen LogP contribution in [0.1, 0.15) is 43.9 Å². The highest BCUT2D eigenvalue weighted by Crippen LogP contribution is 2.26. The van der Waals surface area contributed by atoms with E-state index in [0.717, 1.165) is 6.42 Å². The smallest absolute Gasteiger partial charge is 0.0805 e. The predicted molar refractivity (Wildman–Crippen MR) is 64.3 cm³/mol. The Bertz CT molecular complexity index is 259. The molecule has 0 spiro atoms. The number of thiophene rings is 1. The quantitative estimate of drug-likeness (QED) is 0.786. The van der Waals surface area contributed by atoms with E-state index in [0.29, 0.717) is 18.8 Å². The van der Waals surface area contributed by atoms with Crippen molar-refractivity contribution in [2.24, 2.45) is 0 Å². The standard InChI is InChI=1S/C12H20O2S/c1-3-5-10(13)11(14)8-9(2)12-6-4-7-15-12/h4,6-7,9-11,13-14H,3,5,8H2,1-2H3. The minimum absolute atomic E-state index is 0.325. The van der Waals surface area contributed by atoms with Gasteiger partial charge in [0.15, 0.2) is 0 Å². The van der Waals surface area contributed by atoms with E-state index in [-0.39, 0.29) is 0 Å². The number of aliphatic hydroxyl groups is 2. The van der Waals surface area contributed by atoms with Crippen LogP contribution in [0.15, 0.2) is 17.5 Å². The average molecular weight is 228 g/mol. The first-order chi connectivity index (χ1) is 7.15. The molecule has 1 heterocycles. The molecule has 86 valence electrons. The summed E-state index contributed by atoms with van der Waals surface area (Å²) >= 11 is 1.71. The Hall–Kier alpha value is -0.380. The van der Waals surface area contributed by atoms with E-state index in [2.05, 4.69) is 13.0 Å². The molecule has 0 bridgehead atoms. The topological polar surface area (TPSA) is 40.5 Å². The van der Waals surface area contributed by atoms with Crippen molar-refractivity contribution in [3.05, 3.63) is 22.4 Å². The van der Waals surface area contributed by atoms with Crippen molar-refractivity contribution in [1.82, 2.24) is 0 Å². The van der Waals surface area contributed by atoms with Gasteiger partial charge in [-0.15, -0.1) is 11.3 Å². The summed E-state index contributed by atoms with van der Waals surface area (Å²) in [6, 6.07) is 4.10. The molecule has 0 aliphatic carbocycles. The van der Waals surface area contributed by atoms with Crippen LogP contribution in [0.3, 0.4) is 0 Å². The largest absolute Gasteiger partial charge is 0.390 e. The lowest BCUT2D eigenvalue weighted by Crippen LogP contribution is -2.26. The van der Waals surface area contributed by atoms with Crippen LogP contribution in [0, 0.1) is 0 Å².